The third kappa shape index (κ3) is 2.57. The van der Waals surface area contributed by atoms with Crippen molar-refractivity contribution in [3.63, 3.8) is 0 Å². The molecule has 116 valence electrons. The second-order valence-electron chi connectivity index (χ2n) is 4.69. The Kier molecular flexibility index (Phi) is 3.87. The van der Waals surface area contributed by atoms with E-state index in [-0.39, 0.29) is 21.9 Å². The maximum Gasteiger partial charge on any atom is 0.420 e. The van der Waals surface area contributed by atoms with Crippen LogP contribution in [0.5, 0.6) is 5.75 Å². The van der Waals surface area contributed by atoms with E-state index < -0.39 is 18.3 Å². The van der Waals surface area contributed by atoms with Gasteiger partial charge in [-0.15, -0.1) is 0 Å². The van der Waals surface area contributed by atoms with Crippen LogP contribution >= 0.6 is 0 Å². The maximum atomic E-state index is 13.4. The van der Waals surface area contributed by atoms with Crippen LogP contribution in [-0.4, -0.2) is 27.3 Å². The van der Waals surface area contributed by atoms with Crippen molar-refractivity contribution in [1.82, 2.24) is 9.79 Å². The molecule has 0 spiro atoms. The number of fused-ring (bicyclic) bond motifs is 1. The lowest BCUT2D eigenvalue weighted by Gasteiger charge is -2.15. The lowest BCUT2D eigenvalue weighted by molar-refractivity contribution is -0.314. The number of hydroxylamine groups is 2. The number of nitrogens with zero attached hydrogens (tertiary/aromatic N) is 2. The van der Waals surface area contributed by atoms with E-state index in [1.165, 1.54) is 12.1 Å². The Balaban J connectivity index is 2.92. The third-order valence-corrected chi connectivity index (χ3v) is 3.55. The highest BCUT2D eigenvalue weighted by Crippen LogP contribution is 2.43. The molecule has 0 aliphatic heterocycles. The highest BCUT2D eigenvalue weighted by atomic mass is 19.4. The predicted molar refractivity (Wildman–Crippen MR) is 68.3 cm³/mol. The van der Waals surface area contributed by atoms with Crippen molar-refractivity contribution in [2.45, 2.75) is 19.6 Å². The quantitative estimate of drug-likeness (QED) is 0.856. The maximum absolute atomic E-state index is 13.4. The molecule has 8 heteroatoms. The van der Waals surface area contributed by atoms with Crippen LogP contribution in [-0.2, 0) is 19.8 Å². The first-order valence-corrected chi connectivity index (χ1v) is 6.05. The van der Waals surface area contributed by atoms with Gasteiger partial charge < -0.3 is 9.30 Å². The molecule has 21 heavy (non-hydrogen) atoms. The lowest BCUT2D eigenvalue weighted by atomic mass is 10.0. The van der Waals surface area contributed by atoms with E-state index in [9.17, 15) is 13.2 Å². The fourth-order valence-corrected chi connectivity index (χ4v) is 2.51. The van der Waals surface area contributed by atoms with Gasteiger partial charge in [0.25, 0.3) is 0 Å². The molecule has 0 saturated heterocycles. The smallest absolute Gasteiger partial charge is 0.420 e. The predicted octanol–water partition coefficient (Wildman–Crippen LogP) is 3.09. The molecule has 0 bridgehead atoms. The number of methoxy groups -OCH3 is 1. The van der Waals surface area contributed by atoms with E-state index in [2.05, 4.69) is 0 Å². The number of alkyl halides is 3. The number of benzene rings is 1. The molecule has 0 atom stereocenters. The number of aromatic nitrogens is 1. The molecule has 2 N–H and O–H groups in total. The minimum Gasteiger partial charge on any atom is -0.496 e. The standard InChI is InChI=1S/C13H15F3N2O3/c1-7-8(6-18(19)20)11-9(17(7)2)4-5-10(21-3)12(11)13(14,15)16/h4-5,19-20H,6H2,1-3H3. The molecule has 2 aromatic rings. The van der Waals surface area contributed by atoms with Crippen molar-refractivity contribution >= 4 is 10.9 Å². The zero-order valence-corrected chi connectivity index (χ0v) is 11.7. The first-order chi connectivity index (χ1) is 9.68. The fraction of sp³-hybridized carbons (Fsp3) is 0.385. The number of hydrogen-bond donors (Lipinski definition) is 2. The van der Waals surface area contributed by atoms with Crippen molar-refractivity contribution in [2.24, 2.45) is 7.05 Å². The Labute approximate surface area is 118 Å². The van der Waals surface area contributed by atoms with Gasteiger partial charge in [-0.05, 0) is 19.1 Å². The monoisotopic (exact) mass is 304 g/mol. The third-order valence-electron chi connectivity index (χ3n) is 3.55. The Morgan fingerprint density at radius 2 is 1.90 bits per heavy atom. The molecule has 1 heterocycles. The van der Waals surface area contributed by atoms with Gasteiger partial charge in [0.1, 0.15) is 11.3 Å². The van der Waals surface area contributed by atoms with Crippen LogP contribution in [0, 0.1) is 6.92 Å². The van der Waals surface area contributed by atoms with Gasteiger partial charge in [0.15, 0.2) is 0 Å². The van der Waals surface area contributed by atoms with Gasteiger partial charge in [0, 0.05) is 29.2 Å². The summed E-state index contributed by atoms with van der Waals surface area (Å²) in [5.41, 5.74) is 0.126. The fourth-order valence-electron chi connectivity index (χ4n) is 2.51. The normalized spacial score (nSPS) is 12.4. The molecule has 0 radical (unpaired) electrons. The van der Waals surface area contributed by atoms with Crippen LogP contribution < -0.4 is 4.74 Å². The molecule has 0 aliphatic carbocycles. The van der Waals surface area contributed by atoms with Gasteiger partial charge in [0.2, 0.25) is 0 Å². The molecule has 1 aromatic heterocycles. The zero-order valence-electron chi connectivity index (χ0n) is 11.7. The van der Waals surface area contributed by atoms with Gasteiger partial charge in [-0.2, -0.15) is 13.2 Å². The summed E-state index contributed by atoms with van der Waals surface area (Å²) in [5, 5.41) is 17.7. The Hall–Kier alpha value is -1.77. The van der Waals surface area contributed by atoms with Crippen molar-refractivity contribution in [3.05, 3.63) is 29.0 Å². The van der Waals surface area contributed by atoms with Crippen LogP contribution in [0.25, 0.3) is 10.9 Å². The second-order valence-corrected chi connectivity index (χ2v) is 4.69. The number of hydrogen-bond acceptors (Lipinski definition) is 4. The average Bonchev–Trinajstić information content (AvgIpc) is 2.61. The highest BCUT2D eigenvalue weighted by molar-refractivity contribution is 5.91. The van der Waals surface area contributed by atoms with E-state index in [0.717, 1.165) is 7.11 Å². The van der Waals surface area contributed by atoms with E-state index >= 15 is 0 Å². The molecule has 0 aliphatic rings. The van der Waals surface area contributed by atoms with E-state index in [1.807, 2.05) is 0 Å². The molecule has 0 fully saturated rings. The average molecular weight is 304 g/mol. The Morgan fingerprint density at radius 3 is 2.38 bits per heavy atom. The van der Waals surface area contributed by atoms with Gasteiger partial charge in [-0.25, -0.2) is 0 Å². The molecule has 2 rings (SSSR count). The lowest BCUT2D eigenvalue weighted by Crippen LogP contribution is -2.15. The summed E-state index contributed by atoms with van der Waals surface area (Å²) in [6.45, 7) is 1.17. The summed E-state index contributed by atoms with van der Waals surface area (Å²) in [6.07, 6.45) is -4.62. The second kappa shape index (κ2) is 5.21. The molecule has 0 amide bonds. The van der Waals surface area contributed by atoms with Gasteiger partial charge in [-0.3, -0.25) is 10.4 Å². The Bertz CT molecular complexity index is 678. The summed E-state index contributed by atoms with van der Waals surface area (Å²) in [6, 6.07) is 2.77. The SMILES string of the molecule is COc1ccc2c(c(CN(O)O)c(C)n2C)c1C(F)(F)F. The number of ether oxygens (including phenoxy) is 1. The molecular weight excluding hydrogens is 289 g/mol. The molecular formula is C13H15F3N2O3. The van der Waals surface area contributed by atoms with Crippen LogP contribution in [0.1, 0.15) is 16.8 Å². The summed E-state index contributed by atoms with van der Waals surface area (Å²) >= 11 is 0. The molecule has 0 unspecified atom stereocenters. The van der Waals surface area contributed by atoms with Crippen molar-refractivity contribution in [2.75, 3.05) is 7.11 Å². The van der Waals surface area contributed by atoms with Crippen molar-refractivity contribution in [1.29, 1.82) is 0 Å². The number of halogens is 3. The minimum absolute atomic E-state index is 0.0880. The van der Waals surface area contributed by atoms with Crippen molar-refractivity contribution in [3.8, 4) is 5.75 Å². The highest BCUT2D eigenvalue weighted by Gasteiger charge is 2.38. The summed E-state index contributed by atoms with van der Waals surface area (Å²) in [5.74, 6) is -0.302. The van der Waals surface area contributed by atoms with Gasteiger partial charge in [0.05, 0.1) is 13.7 Å². The topological polar surface area (TPSA) is 57.9 Å². The molecule has 5 nitrogen and oxygen atoms in total. The summed E-state index contributed by atoms with van der Waals surface area (Å²) in [4.78, 5) is 0. The first kappa shape index (κ1) is 15.6. The largest absolute Gasteiger partial charge is 0.496 e. The number of rotatable bonds is 3. The first-order valence-electron chi connectivity index (χ1n) is 6.05. The zero-order chi connectivity index (χ0) is 15.9. The van der Waals surface area contributed by atoms with Gasteiger partial charge in [-0.1, -0.05) is 5.23 Å². The van der Waals surface area contributed by atoms with Crippen LogP contribution in [0.3, 0.4) is 0 Å². The van der Waals surface area contributed by atoms with Crippen molar-refractivity contribution < 1.29 is 28.3 Å². The minimum atomic E-state index is -4.62. The van der Waals surface area contributed by atoms with E-state index in [4.69, 9.17) is 15.2 Å². The summed E-state index contributed by atoms with van der Waals surface area (Å²) < 4.78 is 46.6. The Morgan fingerprint density at radius 1 is 1.29 bits per heavy atom. The molecule has 0 saturated carbocycles. The van der Waals surface area contributed by atoms with Crippen LogP contribution in [0.15, 0.2) is 12.1 Å². The van der Waals surface area contributed by atoms with E-state index in [0.29, 0.717) is 11.2 Å². The molecule has 1 aromatic carbocycles. The van der Waals surface area contributed by atoms with E-state index in [1.54, 1.807) is 18.5 Å². The number of aryl methyl sites for hydroxylation is 1. The van der Waals surface area contributed by atoms with Gasteiger partial charge >= 0.3 is 6.18 Å². The van der Waals surface area contributed by atoms with Crippen LogP contribution in [0.4, 0.5) is 13.2 Å². The van der Waals surface area contributed by atoms with Crippen LogP contribution in [0.2, 0.25) is 0 Å². The summed E-state index contributed by atoms with van der Waals surface area (Å²) in [7, 11) is 2.78.